The second-order valence-electron chi connectivity index (χ2n) is 9.29. The van der Waals surface area contributed by atoms with Gasteiger partial charge in [-0.25, -0.2) is 4.98 Å². The largest absolute Gasteiger partial charge is 0.493 e. The Hall–Kier alpha value is -4.28. The van der Waals surface area contributed by atoms with Crippen LogP contribution in [-0.2, 0) is 30.2 Å². The zero-order valence-electron chi connectivity index (χ0n) is 24.6. The number of cyclic esters (lactones) is 1. The fourth-order valence-electron chi connectivity index (χ4n) is 3.78. The van der Waals surface area contributed by atoms with Crippen LogP contribution in [0.3, 0.4) is 0 Å². The summed E-state index contributed by atoms with van der Waals surface area (Å²) in [7, 11) is 3.18. The average Bonchev–Trinajstić information content (AvgIpc) is 3.08. The van der Waals surface area contributed by atoms with Gasteiger partial charge in [-0.1, -0.05) is 66.2 Å². The molecule has 0 spiro atoms. The number of pyridine rings is 1. The van der Waals surface area contributed by atoms with E-state index < -0.39 is 5.97 Å². The van der Waals surface area contributed by atoms with Gasteiger partial charge in [0.05, 0.1) is 20.3 Å². The van der Waals surface area contributed by atoms with Crippen molar-refractivity contribution in [3.05, 3.63) is 89.7 Å². The monoisotopic (exact) mass is 580 g/mol. The fraction of sp³-hybridized carbons (Fsp3) is 0.375. The number of ether oxygens (including phenoxy) is 5. The van der Waals surface area contributed by atoms with E-state index in [2.05, 4.69) is 46.2 Å². The number of aromatic nitrogens is 1. The molecule has 1 unspecified atom stereocenters. The predicted octanol–water partition coefficient (Wildman–Crippen LogP) is 4.19. The van der Waals surface area contributed by atoms with Crippen LogP contribution in [0.1, 0.15) is 35.0 Å². The van der Waals surface area contributed by atoms with Crippen LogP contribution >= 0.6 is 0 Å². The predicted molar refractivity (Wildman–Crippen MR) is 157 cm³/mol. The van der Waals surface area contributed by atoms with E-state index >= 15 is 0 Å². The highest BCUT2D eigenvalue weighted by Gasteiger charge is 2.22. The first kappa shape index (κ1) is 33.9. The van der Waals surface area contributed by atoms with Gasteiger partial charge >= 0.3 is 11.9 Å². The third-order valence-electron chi connectivity index (χ3n) is 6.04. The number of nitrogens with one attached hydrogen (secondary N) is 1. The molecular weight excluding hydrogens is 540 g/mol. The maximum absolute atomic E-state index is 11.7. The molecule has 1 fully saturated rings. The Bertz CT molecular complexity index is 1210. The first-order valence-electron chi connectivity index (χ1n) is 13.6. The zero-order chi connectivity index (χ0) is 30.6. The van der Waals surface area contributed by atoms with Gasteiger partial charge in [-0.2, -0.15) is 0 Å². The first-order valence-corrected chi connectivity index (χ1v) is 13.6. The third kappa shape index (κ3) is 12.9. The molecule has 0 aliphatic carbocycles. The van der Waals surface area contributed by atoms with Gasteiger partial charge in [-0.3, -0.25) is 14.4 Å². The molecule has 0 saturated carbocycles. The lowest BCUT2D eigenvalue weighted by Crippen LogP contribution is -2.39. The van der Waals surface area contributed by atoms with Crippen molar-refractivity contribution in [2.45, 2.75) is 32.7 Å². The molecule has 42 heavy (non-hydrogen) atoms. The van der Waals surface area contributed by atoms with Gasteiger partial charge in [0.15, 0.2) is 17.8 Å². The maximum Gasteiger partial charge on any atom is 0.325 e. The van der Waals surface area contributed by atoms with E-state index in [-0.39, 0.29) is 30.2 Å². The lowest BCUT2D eigenvalue weighted by molar-refractivity contribution is -0.148. The number of benzene rings is 2. The van der Waals surface area contributed by atoms with Crippen molar-refractivity contribution in [2.75, 3.05) is 40.8 Å². The Kier molecular flexibility index (Phi) is 15.9. The molecule has 3 aromatic rings. The number of hydrogen-bond acceptors (Lipinski definition) is 10. The molecule has 0 amide bonds. The molecule has 0 radical (unpaired) electrons. The number of rotatable bonds is 8. The van der Waals surface area contributed by atoms with Gasteiger partial charge in [0.2, 0.25) is 6.79 Å². The van der Waals surface area contributed by atoms with E-state index in [1.165, 1.54) is 37.4 Å². The highest BCUT2D eigenvalue weighted by Crippen LogP contribution is 2.28. The first-order chi connectivity index (χ1) is 20.4. The molecule has 1 aliphatic heterocycles. The number of carbonyl (C=O) groups excluding carboxylic acids is 3. The number of aldehydes is 1. The Labute approximate surface area is 247 Å². The van der Waals surface area contributed by atoms with Gasteiger partial charge < -0.3 is 29.0 Å². The Morgan fingerprint density at radius 1 is 1.07 bits per heavy atom. The van der Waals surface area contributed by atoms with Crippen molar-refractivity contribution in [3.63, 3.8) is 0 Å². The molecule has 0 bridgehead atoms. The third-order valence-corrected chi connectivity index (χ3v) is 6.04. The van der Waals surface area contributed by atoms with Crippen molar-refractivity contribution < 1.29 is 38.1 Å². The number of aryl methyl sites for hydroxylation is 1. The minimum Gasteiger partial charge on any atom is -0.493 e. The summed E-state index contributed by atoms with van der Waals surface area (Å²) in [4.78, 5) is 36.7. The Morgan fingerprint density at radius 2 is 1.76 bits per heavy atom. The minimum atomic E-state index is -0.476. The van der Waals surface area contributed by atoms with Crippen LogP contribution in [0.25, 0.3) is 0 Å². The van der Waals surface area contributed by atoms with Gasteiger partial charge in [0, 0.05) is 25.8 Å². The van der Waals surface area contributed by atoms with Crippen molar-refractivity contribution in [2.24, 2.45) is 5.92 Å². The summed E-state index contributed by atoms with van der Waals surface area (Å²) in [6.07, 6.45) is 3.76. The number of esters is 2. The molecule has 10 heteroatoms. The van der Waals surface area contributed by atoms with E-state index in [4.69, 9.17) is 18.9 Å². The quantitative estimate of drug-likeness (QED) is 0.236. The summed E-state index contributed by atoms with van der Waals surface area (Å²) >= 11 is 0. The van der Waals surface area contributed by atoms with E-state index in [1.807, 2.05) is 36.4 Å². The van der Waals surface area contributed by atoms with E-state index in [0.717, 1.165) is 12.8 Å². The summed E-state index contributed by atoms with van der Waals surface area (Å²) in [5.41, 5.74) is 2.71. The Balaban J connectivity index is 0.000000242. The molecule has 4 rings (SSSR count). The summed E-state index contributed by atoms with van der Waals surface area (Å²) in [5.74, 6) is 0.203. The molecule has 2 atom stereocenters. The van der Waals surface area contributed by atoms with Crippen molar-refractivity contribution in [1.29, 1.82) is 0 Å². The molecule has 2 aromatic carbocycles. The second-order valence-corrected chi connectivity index (χ2v) is 9.29. The smallest absolute Gasteiger partial charge is 0.325 e. The van der Waals surface area contributed by atoms with Crippen LogP contribution < -0.4 is 14.8 Å². The van der Waals surface area contributed by atoms with Crippen LogP contribution in [0.5, 0.6) is 11.5 Å². The second kappa shape index (κ2) is 19.7. The van der Waals surface area contributed by atoms with Crippen molar-refractivity contribution in [1.82, 2.24) is 10.3 Å². The maximum atomic E-state index is 11.7. The SMILES string of the molecule is CN[C@H]1COCC(Cc2ccccc2)CCOC1=O.COc1ccnc(C=O)c1OCOC(C)=O.Cc1ccccc1. The topological polar surface area (TPSA) is 122 Å². The number of hydrogen-bond donors (Lipinski definition) is 1. The van der Waals surface area contributed by atoms with E-state index in [0.29, 0.717) is 37.8 Å². The number of likely N-dealkylation sites (N-methyl/N-ethyl adjacent to an activating group) is 1. The number of nitrogens with zero attached hydrogens (tertiary/aromatic N) is 1. The van der Waals surface area contributed by atoms with E-state index in [1.54, 1.807) is 7.05 Å². The summed E-state index contributed by atoms with van der Waals surface area (Å²) in [5, 5.41) is 2.91. The fourth-order valence-corrected chi connectivity index (χ4v) is 3.78. The van der Waals surface area contributed by atoms with Crippen molar-refractivity contribution in [3.8, 4) is 11.5 Å². The zero-order valence-corrected chi connectivity index (χ0v) is 24.6. The molecule has 10 nitrogen and oxygen atoms in total. The van der Waals surface area contributed by atoms with Crippen LogP contribution in [0.15, 0.2) is 72.9 Å². The molecule has 1 N–H and O–H groups in total. The molecule has 226 valence electrons. The normalized spacial score (nSPS) is 16.3. The minimum absolute atomic E-state index is 0.0894. The summed E-state index contributed by atoms with van der Waals surface area (Å²) < 4.78 is 25.6. The standard InChI is InChI=1S/C15H21NO3.C10H11NO5.C7H8/c1-16-14-11-18-10-13(7-8-19-15(14)17)9-12-5-3-2-4-6-12;1-7(13)15-6-16-10-8(5-12)11-4-3-9(10)14-2;1-7-5-3-2-4-6-7/h2-6,13-14,16H,7-11H2,1H3;3-5H,6H2,1-2H3;2-6H,1H3/t13?,14-;;/m0../s1. The molecule has 1 aromatic heterocycles. The molecule has 2 heterocycles. The number of carbonyl (C=O) groups is 3. The molecular formula is C32H40N2O8. The highest BCUT2D eigenvalue weighted by molar-refractivity contribution is 5.78. The highest BCUT2D eigenvalue weighted by atomic mass is 16.7. The molecule has 1 aliphatic rings. The average molecular weight is 581 g/mol. The number of methoxy groups -OCH3 is 1. The summed E-state index contributed by atoms with van der Waals surface area (Å²) in [6.45, 7) is 4.56. The molecule has 1 saturated heterocycles. The van der Waals surface area contributed by atoms with Gasteiger partial charge in [0.25, 0.3) is 0 Å². The van der Waals surface area contributed by atoms with Crippen LogP contribution in [-0.4, -0.2) is 70.0 Å². The lowest BCUT2D eigenvalue weighted by Gasteiger charge is -2.15. The van der Waals surface area contributed by atoms with Crippen LogP contribution in [0.4, 0.5) is 0 Å². The van der Waals surface area contributed by atoms with Gasteiger partial charge in [0.1, 0.15) is 11.7 Å². The van der Waals surface area contributed by atoms with Crippen molar-refractivity contribution >= 4 is 18.2 Å². The Morgan fingerprint density at radius 3 is 2.33 bits per heavy atom. The summed E-state index contributed by atoms with van der Waals surface area (Å²) in [6, 6.07) is 21.8. The van der Waals surface area contributed by atoms with Crippen LogP contribution in [0.2, 0.25) is 0 Å². The lowest BCUT2D eigenvalue weighted by atomic mass is 9.97. The van der Waals surface area contributed by atoms with Gasteiger partial charge in [-0.05, 0) is 38.3 Å². The van der Waals surface area contributed by atoms with Gasteiger partial charge in [-0.15, -0.1) is 0 Å². The van der Waals surface area contributed by atoms with Crippen LogP contribution in [0, 0.1) is 12.8 Å². The van der Waals surface area contributed by atoms with E-state index in [9.17, 15) is 14.4 Å².